The number of carboxylic acids is 2. The maximum Gasteiger partial charge on any atom is 0.416 e. The zero-order chi connectivity index (χ0) is 26.9. The second-order valence-corrected chi connectivity index (χ2v) is 7.99. The molecule has 1 saturated heterocycles. The van der Waals surface area contributed by atoms with Crippen LogP contribution in [0.3, 0.4) is 0 Å². The van der Waals surface area contributed by atoms with Crippen LogP contribution in [0.5, 0.6) is 5.75 Å². The third kappa shape index (κ3) is 9.19. The molecule has 2 aromatic rings. The van der Waals surface area contributed by atoms with Crippen LogP contribution in [0.4, 0.5) is 18.9 Å². The molecule has 12 heteroatoms. The number of Topliss-reactive ketones (excluding diaryl/α,β-unsaturated/α-hetero) is 1. The van der Waals surface area contributed by atoms with Gasteiger partial charge in [0.05, 0.1) is 5.56 Å². The Kier molecular flexibility index (Phi) is 10.2. The molecule has 3 rings (SSSR count). The van der Waals surface area contributed by atoms with E-state index in [4.69, 9.17) is 24.5 Å². The first-order chi connectivity index (χ1) is 16.9. The van der Waals surface area contributed by atoms with Gasteiger partial charge in [0.1, 0.15) is 18.5 Å². The Labute approximate surface area is 205 Å². The number of ether oxygens (including phenoxy) is 1. The number of halogens is 3. The Bertz CT molecular complexity index is 1040. The van der Waals surface area contributed by atoms with Gasteiger partial charge >= 0.3 is 18.1 Å². The van der Waals surface area contributed by atoms with Gasteiger partial charge in [-0.25, -0.2) is 9.59 Å². The number of benzene rings is 2. The molecule has 0 saturated carbocycles. The number of carbonyl (C=O) groups excluding carboxylic acids is 1. The normalized spacial score (nSPS) is 14.9. The fraction of sp³-hybridized carbons (Fsp3) is 0.375. The summed E-state index contributed by atoms with van der Waals surface area (Å²) in [5.74, 6) is -3.18. The van der Waals surface area contributed by atoms with Gasteiger partial charge in [-0.05, 0) is 37.3 Å². The third-order valence-corrected chi connectivity index (χ3v) is 5.25. The fourth-order valence-corrected chi connectivity index (χ4v) is 3.42. The molecule has 1 fully saturated rings. The van der Waals surface area contributed by atoms with Crippen molar-refractivity contribution in [3.63, 3.8) is 0 Å². The first kappa shape index (κ1) is 28.6. The quantitative estimate of drug-likeness (QED) is 0.379. The van der Waals surface area contributed by atoms with Crippen molar-refractivity contribution in [3.8, 4) is 5.75 Å². The van der Waals surface area contributed by atoms with Gasteiger partial charge < -0.3 is 25.0 Å². The van der Waals surface area contributed by atoms with Crippen LogP contribution in [-0.4, -0.2) is 83.4 Å². The van der Waals surface area contributed by atoms with Crippen LogP contribution in [0, 0.1) is 0 Å². The minimum absolute atomic E-state index is 0.0559. The minimum atomic E-state index is -4.36. The van der Waals surface area contributed by atoms with Gasteiger partial charge in [0.2, 0.25) is 0 Å². The number of aliphatic carboxylic acids is 2. The molecule has 0 radical (unpaired) electrons. The average Bonchev–Trinajstić information content (AvgIpc) is 2.83. The molecule has 0 aliphatic carbocycles. The number of aliphatic hydroxyl groups is 1. The molecule has 196 valence electrons. The van der Waals surface area contributed by atoms with Crippen molar-refractivity contribution in [2.75, 3.05) is 44.2 Å². The van der Waals surface area contributed by atoms with Crippen LogP contribution in [0.25, 0.3) is 0 Å². The fourth-order valence-electron chi connectivity index (χ4n) is 3.42. The van der Waals surface area contributed by atoms with Gasteiger partial charge in [-0.2, -0.15) is 13.2 Å². The maximum absolute atomic E-state index is 12.9. The number of rotatable bonds is 7. The van der Waals surface area contributed by atoms with Crippen molar-refractivity contribution in [2.45, 2.75) is 19.2 Å². The highest BCUT2D eigenvalue weighted by Gasteiger charge is 2.31. The number of carboxylic acid groups (broad SMARTS) is 2. The van der Waals surface area contributed by atoms with E-state index in [0.717, 1.165) is 6.07 Å². The summed E-state index contributed by atoms with van der Waals surface area (Å²) < 4.78 is 44.3. The van der Waals surface area contributed by atoms with Crippen molar-refractivity contribution in [3.05, 3.63) is 59.7 Å². The van der Waals surface area contributed by atoms with E-state index in [-0.39, 0.29) is 12.4 Å². The maximum atomic E-state index is 12.9. The van der Waals surface area contributed by atoms with E-state index in [2.05, 4.69) is 4.90 Å². The predicted octanol–water partition coefficient (Wildman–Crippen LogP) is 2.63. The summed E-state index contributed by atoms with van der Waals surface area (Å²) in [5, 5.41) is 25.1. The lowest BCUT2D eigenvalue weighted by Gasteiger charge is -2.37. The number of carbonyl (C=O) groups is 3. The van der Waals surface area contributed by atoms with E-state index in [1.165, 1.54) is 19.1 Å². The van der Waals surface area contributed by atoms with Crippen LogP contribution in [0.15, 0.2) is 48.5 Å². The summed E-state index contributed by atoms with van der Waals surface area (Å²) in [5.41, 5.74) is 0.454. The predicted molar refractivity (Wildman–Crippen MR) is 123 cm³/mol. The molecule has 36 heavy (non-hydrogen) atoms. The molecule has 0 amide bonds. The second kappa shape index (κ2) is 12.9. The van der Waals surface area contributed by atoms with E-state index in [0.29, 0.717) is 49.7 Å². The highest BCUT2D eigenvalue weighted by molar-refractivity contribution is 6.27. The van der Waals surface area contributed by atoms with Crippen molar-refractivity contribution >= 4 is 23.4 Å². The number of ketones is 1. The molecule has 9 nitrogen and oxygen atoms in total. The molecule has 0 aromatic heterocycles. The summed E-state index contributed by atoms with van der Waals surface area (Å²) in [7, 11) is 0. The molecule has 3 N–H and O–H groups in total. The molecule has 1 unspecified atom stereocenters. The van der Waals surface area contributed by atoms with E-state index < -0.39 is 29.8 Å². The smallest absolute Gasteiger partial charge is 0.416 e. The van der Waals surface area contributed by atoms with Crippen molar-refractivity contribution < 1.29 is 47.6 Å². The van der Waals surface area contributed by atoms with Crippen LogP contribution < -0.4 is 9.64 Å². The van der Waals surface area contributed by atoms with E-state index in [1.54, 1.807) is 30.3 Å². The Balaban J connectivity index is 0.000000678. The summed E-state index contributed by atoms with van der Waals surface area (Å²) in [6, 6.07) is 12.2. The Morgan fingerprint density at radius 1 is 0.972 bits per heavy atom. The molecule has 1 atom stereocenters. The average molecular weight is 512 g/mol. The third-order valence-electron chi connectivity index (χ3n) is 5.25. The summed E-state index contributed by atoms with van der Waals surface area (Å²) in [6.07, 6.45) is -5.07. The first-order valence-electron chi connectivity index (χ1n) is 10.9. The van der Waals surface area contributed by atoms with E-state index in [1.807, 2.05) is 4.90 Å². The van der Waals surface area contributed by atoms with Gasteiger partial charge in [-0.3, -0.25) is 9.69 Å². The molecule has 1 aliphatic rings. The summed E-state index contributed by atoms with van der Waals surface area (Å²) in [6.45, 7) is 4.40. The number of anilines is 1. The van der Waals surface area contributed by atoms with Gasteiger partial charge in [0.25, 0.3) is 0 Å². The zero-order valence-corrected chi connectivity index (χ0v) is 19.4. The van der Waals surface area contributed by atoms with Crippen molar-refractivity contribution in [1.82, 2.24) is 4.90 Å². The van der Waals surface area contributed by atoms with Crippen molar-refractivity contribution in [1.29, 1.82) is 0 Å². The number of hydrogen-bond donors (Lipinski definition) is 3. The lowest BCUT2D eigenvalue weighted by atomic mass is 10.1. The number of piperazine rings is 1. The SMILES string of the molecule is CC(=O)c1cccc(OCC(O)CN2CCN(c3cccc(C(F)(F)F)c3)CC2)c1.O=C(O)C(=O)O. The zero-order valence-electron chi connectivity index (χ0n) is 19.4. The van der Waals surface area contributed by atoms with Crippen LogP contribution in [0.1, 0.15) is 22.8 Å². The van der Waals surface area contributed by atoms with E-state index in [9.17, 15) is 23.1 Å². The van der Waals surface area contributed by atoms with Gasteiger partial charge in [0.15, 0.2) is 5.78 Å². The van der Waals surface area contributed by atoms with Crippen LogP contribution >= 0.6 is 0 Å². The standard InChI is InChI=1S/C22H25F3N2O3.C2H2O4/c1-16(28)17-4-2-7-21(12-17)30-15-20(29)14-26-8-10-27(11-9-26)19-6-3-5-18(13-19)22(23,24)25;3-1(4)2(5)6/h2-7,12-13,20,29H,8-11,14-15H2,1H3;(H,3,4)(H,5,6). The number of hydrogen-bond acceptors (Lipinski definition) is 7. The summed E-state index contributed by atoms with van der Waals surface area (Å²) >= 11 is 0. The Hall–Kier alpha value is -3.64. The minimum Gasteiger partial charge on any atom is -0.491 e. The molecule has 2 aromatic carbocycles. The number of aliphatic hydroxyl groups excluding tert-OH is 1. The van der Waals surface area contributed by atoms with E-state index >= 15 is 0 Å². The van der Waals surface area contributed by atoms with Gasteiger partial charge in [-0.15, -0.1) is 0 Å². The monoisotopic (exact) mass is 512 g/mol. The molecular formula is C24H27F3N2O7. The largest absolute Gasteiger partial charge is 0.491 e. The Morgan fingerprint density at radius 2 is 1.58 bits per heavy atom. The number of β-amino-alcohol motifs (C(OH)–C–C–N with tert-alkyl or cyclic N) is 1. The van der Waals surface area contributed by atoms with Crippen LogP contribution in [-0.2, 0) is 15.8 Å². The molecular weight excluding hydrogens is 485 g/mol. The van der Waals surface area contributed by atoms with Crippen molar-refractivity contribution in [2.24, 2.45) is 0 Å². The topological polar surface area (TPSA) is 128 Å². The molecule has 0 bridgehead atoms. The van der Waals surface area contributed by atoms with Gasteiger partial charge in [0, 0.05) is 44.0 Å². The first-order valence-corrected chi connectivity index (χ1v) is 10.9. The lowest BCUT2D eigenvalue weighted by Crippen LogP contribution is -2.49. The van der Waals surface area contributed by atoms with Crippen LogP contribution in [0.2, 0.25) is 0 Å². The number of nitrogens with zero attached hydrogens (tertiary/aromatic N) is 2. The Morgan fingerprint density at radius 3 is 2.14 bits per heavy atom. The molecule has 0 spiro atoms. The molecule has 1 heterocycles. The molecule has 1 aliphatic heterocycles. The lowest BCUT2D eigenvalue weighted by molar-refractivity contribution is -0.159. The highest BCUT2D eigenvalue weighted by atomic mass is 19.4. The second-order valence-electron chi connectivity index (χ2n) is 7.99. The summed E-state index contributed by atoms with van der Waals surface area (Å²) in [4.78, 5) is 33.6. The van der Waals surface area contributed by atoms with Gasteiger partial charge in [-0.1, -0.05) is 18.2 Å². The highest BCUT2D eigenvalue weighted by Crippen LogP contribution is 2.31. The number of alkyl halides is 3.